The van der Waals surface area contributed by atoms with Gasteiger partial charge in [-0.05, 0) is 31.5 Å². The quantitative estimate of drug-likeness (QED) is 0.676. The van der Waals surface area contributed by atoms with Crippen molar-refractivity contribution in [2.24, 2.45) is 0 Å². The molecule has 0 fully saturated rings. The number of hydrogen-bond acceptors (Lipinski definition) is 3. The van der Waals surface area contributed by atoms with Gasteiger partial charge in [0.05, 0.1) is 11.9 Å². The second-order valence-corrected chi connectivity index (χ2v) is 6.43. The maximum atomic E-state index is 12.0. The topological polar surface area (TPSA) is 43.4 Å². The number of benzene rings is 1. The fourth-order valence-corrected chi connectivity index (χ4v) is 3.38. The van der Waals surface area contributed by atoms with E-state index in [1.165, 1.54) is 0 Å². The third kappa shape index (κ3) is 2.68. The molecule has 0 spiro atoms. The minimum absolute atomic E-state index is 0.0876. The Balaban J connectivity index is 2.50. The van der Waals surface area contributed by atoms with E-state index in [1.807, 2.05) is 13.8 Å². The zero-order valence-corrected chi connectivity index (χ0v) is 11.4. The van der Waals surface area contributed by atoms with Crippen molar-refractivity contribution in [3.63, 3.8) is 0 Å². The molecule has 0 N–H and O–H groups in total. The summed E-state index contributed by atoms with van der Waals surface area (Å²) in [6.07, 6.45) is 1.20. The van der Waals surface area contributed by atoms with Crippen LogP contribution in [0.2, 0.25) is 0 Å². The molecule has 0 aliphatic carbocycles. The lowest BCUT2D eigenvalue weighted by Crippen LogP contribution is -2.12. The summed E-state index contributed by atoms with van der Waals surface area (Å²) < 4.78 is 29.8. The predicted molar refractivity (Wildman–Crippen MR) is 70.4 cm³/mol. The van der Waals surface area contributed by atoms with E-state index >= 15 is 0 Å². The number of rotatable bonds is 0. The maximum absolute atomic E-state index is 12.0. The molecule has 0 saturated carbocycles. The van der Waals surface area contributed by atoms with Crippen LogP contribution in [0.3, 0.4) is 0 Å². The summed E-state index contributed by atoms with van der Waals surface area (Å²) in [5.41, 5.74) is 0.792. The van der Waals surface area contributed by atoms with Crippen LogP contribution in [0.25, 0.3) is 0 Å². The highest BCUT2D eigenvalue weighted by atomic mass is 32.2. The standard InChI is InChI=1S/C14H16O3S/c1-3-4-5-12-6-7-14-13(10-12)17-11(2)8-9-18(14,15)16/h6-7,10-11H,3,8-9H2,1-2H3/t11-/m1/s1. The first-order chi connectivity index (χ1) is 8.53. The van der Waals surface area contributed by atoms with Crippen molar-refractivity contribution in [1.82, 2.24) is 0 Å². The molecule has 2 rings (SSSR count). The Labute approximate surface area is 108 Å². The summed E-state index contributed by atoms with van der Waals surface area (Å²) in [5, 5.41) is 0. The first-order valence-electron chi connectivity index (χ1n) is 6.05. The molecule has 1 aliphatic rings. The lowest BCUT2D eigenvalue weighted by molar-refractivity contribution is 0.216. The first kappa shape index (κ1) is 13.0. The number of sulfone groups is 1. The Bertz CT molecular complexity index is 606. The van der Waals surface area contributed by atoms with Crippen LogP contribution in [0.1, 0.15) is 32.3 Å². The fourth-order valence-electron chi connectivity index (χ4n) is 1.83. The van der Waals surface area contributed by atoms with Crippen LogP contribution >= 0.6 is 0 Å². The summed E-state index contributed by atoms with van der Waals surface area (Å²) in [4.78, 5) is 0.286. The van der Waals surface area contributed by atoms with Gasteiger partial charge in [0.25, 0.3) is 0 Å². The van der Waals surface area contributed by atoms with Gasteiger partial charge in [-0.2, -0.15) is 0 Å². The molecule has 0 aromatic heterocycles. The second-order valence-electron chi connectivity index (χ2n) is 4.35. The predicted octanol–water partition coefficient (Wildman–Crippen LogP) is 2.39. The lowest BCUT2D eigenvalue weighted by Gasteiger charge is -2.11. The Morgan fingerprint density at radius 2 is 2.22 bits per heavy atom. The largest absolute Gasteiger partial charge is 0.489 e. The van der Waals surface area contributed by atoms with Crippen molar-refractivity contribution in [1.29, 1.82) is 0 Å². The molecule has 96 valence electrons. The zero-order valence-electron chi connectivity index (χ0n) is 10.6. The van der Waals surface area contributed by atoms with E-state index in [2.05, 4.69) is 11.8 Å². The van der Waals surface area contributed by atoms with Crippen LogP contribution in [0.4, 0.5) is 0 Å². The van der Waals surface area contributed by atoms with Crippen molar-refractivity contribution in [3.05, 3.63) is 23.8 Å². The van der Waals surface area contributed by atoms with Crippen molar-refractivity contribution in [2.75, 3.05) is 5.75 Å². The summed E-state index contributed by atoms with van der Waals surface area (Å²) in [5.74, 6) is 6.52. The van der Waals surface area contributed by atoms with Gasteiger partial charge in [0.15, 0.2) is 9.84 Å². The minimum Gasteiger partial charge on any atom is -0.489 e. The molecule has 1 atom stereocenters. The van der Waals surface area contributed by atoms with Crippen molar-refractivity contribution < 1.29 is 13.2 Å². The highest BCUT2D eigenvalue weighted by molar-refractivity contribution is 7.91. The van der Waals surface area contributed by atoms with Gasteiger partial charge in [0.2, 0.25) is 0 Å². The summed E-state index contributed by atoms with van der Waals surface area (Å²) in [6, 6.07) is 5.05. The molecule has 4 heteroatoms. The molecule has 1 aromatic rings. The molecule has 0 unspecified atom stereocenters. The SMILES string of the molecule is CCC#Cc1ccc2c(c1)O[C@H](C)CCS2(=O)=O. The monoisotopic (exact) mass is 264 g/mol. The van der Waals surface area contributed by atoms with Gasteiger partial charge in [-0.25, -0.2) is 8.42 Å². The van der Waals surface area contributed by atoms with Crippen LogP contribution in [-0.2, 0) is 9.84 Å². The molecule has 0 saturated heterocycles. The van der Waals surface area contributed by atoms with E-state index in [9.17, 15) is 8.42 Å². The maximum Gasteiger partial charge on any atom is 0.182 e. The van der Waals surface area contributed by atoms with Crippen LogP contribution in [0.5, 0.6) is 5.75 Å². The van der Waals surface area contributed by atoms with Gasteiger partial charge in [0.1, 0.15) is 10.6 Å². The van der Waals surface area contributed by atoms with Gasteiger partial charge in [0, 0.05) is 12.0 Å². The van der Waals surface area contributed by atoms with Gasteiger partial charge in [-0.15, -0.1) is 0 Å². The first-order valence-corrected chi connectivity index (χ1v) is 7.70. The van der Waals surface area contributed by atoms with E-state index in [0.717, 1.165) is 12.0 Å². The highest BCUT2D eigenvalue weighted by Crippen LogP contribution is 2.30. The molecule has 0 radical (unpaired) electrons. The summed E-state index contributed by atoms with van der Waals surface area (Å²) in [7, 11) is -3.22. The molecule has 18 heavy (non-hydrogen) atoms. The Morgan fingerprint density at radius 1 is 1.44 bits per heavy atom. The van der Waals surface area contributed by atoms with Crippen LogP contribution < -0.4 is 4.74 Å². The van der Waals surface area contributed by atoms with Crippen molar-refractivity contribution >= 4 is 9.84 Å². The van der Waals surface area contributed by atoms with E-state index in [-0.39, 0.29) is 16.8 Å². The number of hydrogen-bond donors (Lipinski definition) is 0. The lowest BCUT2D eigenvalue weighted by atomic mass is 10.2. The van der Waals surface area contributed by atoms with E-state index < -0.39 is 9.84 Å². The molecular weight excluding hydrogens is 248 g/mol. The average molecular weight is 264 g/mol. The number of ether oxygens (including phenoxy) is 1. The van der Waals surface area contributed by atoms with Gasteiger partial charge in [-0.1, -0.05) is 18.8 Å². The minimum atomic E-state index is -3.22. The van der Waals surface area contributed by atoms with Gasteiger partial charge in [-0.3, -0.25) is 0 Å². The van der Waals surface area contributed by atoms with E-state index in [0.29, 0.717) is 12.2 Å². The molecule has 1 heterocycles. The van der Waals surface area contributed by atoms with Crippen LogP contribution in [0, 0.1) is 11.8 Å². The Kier molecular flexibility index (Phi) is 3.63. The Hall–Kier alpha value is -1.47. The molecule has 3 nitrogen and oxygen atoms in total. The highest BCUT2D eigenvalue weighted by Gasteiger charge is 2.25. The molecule has 0 amide bonds. The van der Waals surface area contributed by atoms with E-state index in [1.54, 1.807) is 18.2 Å². The fraction of sp³-hybridized carbons (Fsp3) is 0.429. The van der Waals surface area contributed by atoms with Crippen LogP contribution in [0.15, 0.2) is 23.1 Å². The summed E-state index contributed by atoms with van der Waals surface area (Å²) >= 11 is 0. The smallest absolute Gasteiger partial charge is 0.182 e. The van der Waals surface area contributed by atoms with Crippen molar-refractivity contribution in [2.45, 2.75) is 37.7 Å². The molecule has 1 aromatic carbocycles. The van der Waals surface area contributed by atoms with Gasteiger partial charge >= 0.3 is 0 Å². The van der Waals surface area contributed by atoms with E-state index in [4.69, 9.17) is 4.74 Å². The second kappa shape index (κ2) is 5.03. The molecular formula is C14H16O3S. The third-order valence-corrected chi connectivity index (χ3v) is 4.59. The summed E-state index contributed by atoms with van der Waals surface area (Å²) in [6.45, 7) is 3.86. The Morgan fingerprint density at radius 3 is 2.94 bits per heavy atom. The third-order valence-electron chi connectivity index (χ3n) is 2.81. The zero-order chi connectivity index (χ0) is 13.2. The van der Waals surface area contributed by atoms with Crippen LogP contribution in [-0.4, -0.2) is 20.3 Å². The number of fused-ring (bicyclic) bond motifs is 1. The normalized spacial score (nSPS) is 20.9. The molecule has 1 aliphatic heterocycles. The van der Waals surface area contributed by atoms with Crippen molar-refractivity contribution in [3.8, 4) is 17.6 Å². The molecule has 0 bridgehead atoms. The van der Waals surface area contributed by atoms with Gasteiger partial charge < -0.3 is 4.74 Å². The average Bonchev–Trinajstić information content (AvgIpc) is 2.44.